The van der Waals surface area contributed by atoms with Crippen molar-refractivity contribution < 1.29 is 4.39 Å². The number of hydrogen-bond acceptors (Lipinski definition) is 4. The van der Waals surface area contributed by atoms with Crippen molar-refractivity contribution in [3.63, 3.8) is 0 Å². The van der Waals surface area contributed by atoms with Gasteiger partial charge in [0.05, 0.1) is 17.5 Å². The van der Waals surface area contributed by atoms with Gasteiger partial charge in [-0.3, -0.25) is 9.58 Å². The molecule has 0 atom stereocenters. The van der Waals surface area contributed by atoms with E-state index in [1.165, 1.54) is 17.7 Å². The first-order valence-corrected chi connectivity index (χ1v) is 8.41. The summed E-state index contributed by atoms with van der Waals surface area (Å²) in [5.74, 6) is 0.552. The molecular weight excluding hydrogens is 317 g/mol. The molecule has 0 amide bonds. The first-order chi connectivity index (χ1) is 12.1. The van der Waals surface area contributed by atoms with Crippen molar-refractivity contribution in [1.82, 2.24) is 24.6 Å². The summed E-state index contributed by atoms with van der Waals surface area (Å²) >= 11 is 0. The van der Waals surface area contributed by atoms with Crippen LogP contribution in [0.5, 0.6) is 0 Å². The number of rotatable bonds is 3. The summed E-state index contributed by atoms with van der Waals surface area (Å²) in [4.78, 5) is 11.8. The molecule has 0 spiro atoms. The molecule has 0 bridgehead atoms. The van der Waals surface area contributed by atoms with E-state index in [0.717, 1.165) is 54.4 Å². The van der Waals surface area contributed by atoms with Crippen molar-refractivity contribution in [2.75, 3.05) is 6.54 Å². The molecule has 128 valence electrons. The average molecular weight is 337 g/mol. The van der Waals surface area contributed by atoms with Crippen LogP contribution in [0.2, 0.25) is 0 Å². The first kappa shape index (κ1) is 15.9. The maximum absolute atomic E-state index is 13.1. The topological polar surface area (TPSA) is 46.8 Å². The maximum atomic E-state index is 13.1. The molecule has 0 fully saturated rings. The second-order valence-electron chi connectivity index (χ2n) is 6.55. The summed E-state index contributed by atoms with van der Waals surface area (Å²) in [7, 11) is 1.89. The SMILES string of the molecule is Cc1nc(-c2cnn(C)c2)nc2c1CN(Cc1ccc(F)cc1)CC2. The quantitative estimate of drug-likeness (QED) is 0.737. The van der Waals surface area contributed by atoms with E-state index in [0.29, 0.717) is 0 Å². The highest BCUT2D eigenvalue weighted by Gasteiger charge is 2.21. The summed E-state index contributed by atoms with van der Waals surface area (Å²) in [5.41, 5.74) is 5.42. The van der Waals surface area contributed by atoms with Gasteiger partial charge in [-0.2, -0.15) is 5.10 Å². The zero-order valence-corrected chi connectivity index (χ0v) is 14.4. The summed E-state index contributed by atoms with van der Waals surface area (Å²) in [6, 6.07) is 6.73. The Balaban J connectivity index is 1.56. The Kier molecular flexibility index (Phi) is 4.05. The smallest absolute Gasteiger partial charge is 0.162 e. The normalized spacial score (nSPS) is 14.5. The van der Waals surface area contributed by atoms with E-state index in [1.807, 2.05) is 32.3 Å². The molecular formula is C19H20FN5. The van der Waals surface area contributed by atoms with Crippen LogP contribution >= 0.6 is 0 Å². The van der Waals surface area contributed by atoms with Crippen LogP contribution in [0.25, 0.3) is 11.4 Å². The van der Waals surface area contributed by atoms with E-state index in [9.17, 15) is 4.39 Å². The third-order valence-electron chi connectivity index (χ3n) is 4.63. The van der Waals surface area contributed by atoms with Crippen LogP contribution in [-0.2, 0) is 26.6 Å². The fourth-order valence-corrected chi connectivity index (χ4v) is 3.28. The van der Waals surface area contributed by atoms with Gasteiger partial charge in [-0.1, -0.05) is 12.1 Å². The molecule has 6 heteroatoms. The fourth-order valence-electron chi connectivity index (χ4n) is 3.28. The molecule has 1 aromatic carbocycles. The van der Waals surface area contributed by atoms with Crippen LogP contribution < -0.4 is 0 Å². The highest BCUT2D eigenvalue weighted by Crippen LogP contribution is 2.24. The van der Waals surface area contributed by atoms with Gasteiger partial charge in [-0.25, -0.2) is 14.4 Å². The van der Waals surface area contributed by atoms with Crippen molar-refractivity contribution in [3.05, 3.63) is 65.0 Å². The highest BCUT2D eigenvalue weighted by atomic mass is 19.1. The van der Waals surface area contributed by atoms with E-state index in [1.54, 1.807) is 10.9 Å². The molecule has 0 saturated heterocycles. The highest BCUT2D eigenvalue weighted by molar-refractivity contribution is 5.53. The Morgan fingerprint density at radius 1 is 1.16 bits per heavy atom. The van der Waals surface area contributed by atoms with Crippen molar-refractivity contribution in [1.29, 1.82) is 0 Å². The van der Waals surface area contributed by atoms with E-state index < -0.39 is 0 Å². The second-order valence-corrected chi connectivity index (χ2v) is 6.55. The van der Waals surface area contributed by atoms with Gasteiger partial charge >= 0.3 is 0 Å². The van der Waals surface area contributed by atoms with Crippen LogP contribution in [0, 0.1) is 12.7 Å². The number of halogens is 1. The van der Waals surface area contributed by atoms with Gasteiger partial charge in [0.25, 0.3) is 0 Å². The lowest BCUT2D eigenvalue weighted by molar-refractivity contribution is 0.242. The van der Waals surface area contributed by atoms with Crippen molar-refractivity contribution in [2.45, 2.75) is 26.4 Å². The minimum absolute atomic E-state index is 0.195. The average Bonchev–Trinajstić information content (AvgIpc) is 3.04. The van der Waals surface area contributed by atoms with Gasteiger partial charge in [-0.15, -0.1) is 0 Å². The lowest BCUT2D eigenvalue weighted by Crippen LogP contribution is -2.31. The van der Waals surface area contributed by atoms with Crippen molar-refractivity contribution in [3.8, 4) is 11.4 Å². The van der Waals surface area contributed by atoms with E-state index in [4.69, 9.17) is 4.98 Å². The molecule has 3 aromatic rings. The number of benzene rings is 1. The van der Waals surface area contributed by atoms with Crippen LogP contribution in [0.1, 0.15) is 22.5 Å². The largest absolute Gasteiger partial charge is 0.294 e. The van der Waals surface area contributed by atoms with Gasteiger partial charge in [-0.05, 0) is 24.6 Å². The van der Waals surface area contributed by atoms with E-state index in [-0.39, 0.29) is 5.82 Å². The Hall–Kier alpha value is -2.60. The minimum atomic E-state index is -0.195. The van der Waals surface area contributed by atoms with Gasteiger partial charge in [0, 0.05) is 50.6 Å². The Bertz CT molecular complexity index is 901. The lowest BCUT2D eigenvalue weighted by Gasteiger charge is -2.29. The molecule has 1 aliphatic heterocycles. The van der Waals surface area contributed by atoms with Gasteiger partial charge in [0.2, 0.25) is 0 Å². The Labute approximate surface area is 146 Å². The van der Waals surface area contributed by atoms with Crippen LogP contribution in [-0.4, -0.2) is 31.2 Å². The number of aryl methyl sites for hydroxylation is 2. The predicted octanol–water partition coefficient (Wildman–Crippen LogP) is 2.88. The van der Waals surface area contributed by atoms with Crippen LogP contribution in [0.4, 0.5) is 4.39 Å². The molecule has 25 heavy (non-hydrogen) atoms. The molecule has 0 aliphatic carbocycles. The molecule has 2 aromatic heterocycles. The standard InChI is InChI=1S/C19H20FN5/c1-13-17-12-25(10-14-3-5-16(20)6-4-14)8-7-18(17)23-19(22-13)15-9-21-24(2)11-15/h3-6,9,11H,7-8,10,12H2,1-2H3. The molecule has 4 rings (SSSR count). The number of hydrogen-bond donors (Lipinski definition) is 0. The van der Waals surface area contributed by atoms with Crippen molar-refractivity contribution in [2.24, 2.45) is 7.05 Å². The molecule has 0 radical (unpaired) electrons. The van der Waals surface area contributed by atoms with Gasteiger partial charge in [0.1, 0.15) is 5.82 Å². The monoisotopic (exact) mass is 337 g/mol. The van der Waals surface area contributed by atoms with Crippen molar-refractivity contribution >= 4 is 0 Å². The zero-order valence-electron chi connectivity index (χ0n) is 14.4. The van der Waals surface area contributed by atoms with E-state index in [2.05, 4.69) is 15.0 Å². The summed E-state index contributed by atoms with van der Waals surface area (Å²) in [5, 5.41) is 4.20. The predicted molar refractivity (Wildman–Crippen MR) is 93.2 cm³/mol. The third-order valence-corrected chi connectivity index (χ3v) is 4.63. The minimum Gasteiger partial charge on any atom is -0.294 e. The molecule has 3 heterocycles. The number of fused-ring (bicyclic) bond motifs is 1. The van der Waals surface area contributed by atoms with E-state index >= 15 is 0 Å². The first-order valence-electron chi connectivity index (χ1n) is 8.41. The Morgan fingerprint density at radius 3 is 2.68 bits per heavy atom. The van der Waals surface area contributed by atoms with Gasteiger partial charge in [0.15, 0.2) is 5.82 Å². The third kappa shape index (κ3) is 3.30. The number of nitrogens with zero attached hydrogens (tertiary/aromatic N) is 5. The molecule has 0 N–H and O–H groups in total. The Morgan fingerprint density at radius 2 is 1.96 bits per heavy atom. The lowest BCUT2D eigenvalue weighted by atomic mass is 10.0. The zero-order chi connectivity index (χ0) is 17.4. The molecule has 0 unspecified atom stereocenters. The fraction of sp³-hybridized carbons (Fsp3) is 0.316. The van der Waals surface area contributed by atoms with Gasteiger partial charge < -0.3 is 0 Å². The summed E-state index contributed by atoms with van der Waals surface area (Å²) < 4.78 is 14.8. The summed E-state index contributed by atoms with van der Waals surface area (Å²) in [6.45, 7) is 4.62. The molecule has 1 aliphatic rings. The van der Waals surface area contributed by atoms with Crippen LogP contribution in [0.15, 0.2) is 36.7 Å². The van der Waals surface area contributed by atoms with Crippen LogP contribution in [0.3, 0.4) is 0 Å². The molecule has 0 saturated carbocycles. The summed E-state index contributed by atoms with van der Waals surface area (Å²) in [6.07, 6.45) is 4.63. The molecule has 5 nitrogen and oxygen atoms in total. The maximum Gasteiger partial charge on any atom is 0.162 e. The second kappa shape index (κ2) is 6.37. The number of aromatic nitrogens is 4.